The summed E-state index contributed by atoms with van der Waals surface area (Å²) in [7, 11) is 0. The largest absolute Gasteiger partial charge is 0.422 e. The molecule has 0 atom stereocenters. The molecule has 3 heteroatoms. The monoisotopic (exact) mass is 314 g/mol. The van der Waals surface area contributed by atoms with E-state index < -0.39 is 0 Å². The Morgan fingerprint density at radius 2 is 2.00 bits per heavy atom. The molecule has 0 radical (unpaired) electrons. The Labute approximate surface area is 101 Å². The lowest BCUT2D eigenvalue weighted by Gasteiger charge is -2.05. The second kappa shape index (κ2) is 3.96. The summed E-state index contributed by atoms with van der Waals surface area (Å²) in [5.74, 6) is 0.444. The summed E-state index contributed by atoms with van der Waals surface area (Å²) < 4.78 is 5.84. The third-order valence-electron chi connectivity index (χ3n) is 2.38. The quantitative estimate of drug-likeness (QED) is 0.595. The molecule has 78 valence electrons. The second-order valence-corrected chi connectivity index (χ2v) is 5.00. The normalized spacial score (nSPS) is 11.2. The molecule has 0 spiro atoms. The van der Waals surface area contributed by atoms with Crippen molar-refractivity contribution in [3.8, 4) is 0 Å². The number of hydrogen-bond donors (Lipinski definition) is 0. The zero-order chi connectivity index (χ0) is 11.0. The predicted octanol–water partition coefficient (Wildman–Crippen LogP) is 3.52. The maximum absolute atomic E-state index is 11.3. The summed E-state index contributed by atoms with van der Waals surface area (Å²) >= 11 is 1.99. The molecule has 1 aromatic heterocycles. The van der Waals surface area contributed by atoms with Gasteiger partial charge in [0.05, 0.1) is 3.57 Å². The molecule has 2 aromatic rings. The van der Waals surface area contributed by atoms with Gasteiger partial charge in [-0.05, 0) is 46.2 Å². The molecule has 0 aliphatic heterocycles. The first kappa shape index (κ1) is 10.7. The van der Waals surface area contributed by atoms with Gasteiger partial charge in [-0.15, -0.1) is 0 Å². The van der Waals surface area contributed by atoms with Crippen LogP contribution in [0.5, 0.6) is 0 Å². The van der Waals surface area contributed by atoms with Crippen LogP contribution < -0.4 is 5.63 Å². The van der Waals surface area contributed by atoms with Crippen LogP contribution in [0.15, 0.2) is 33.5 Å². The summed E-state index contributed by atoms with van der Waals surface area (Å²) in [6, 6.07) is 7.86. The summed E-state index contributed by atoms with van der Waals surface area (Å²) in [5, 5.41) is 0.975. The van der Waals surface area contributed by atoms with Crippen molar-refractivity contribution in [2.75, 3.05) is 0 Å². The van der Waals surface area contributed by atoms with E-state index >= 15 is 0 Å². The number of halogens is 1. The Balaban J connectivity index is 2.72. The zero-order valence-corrected chi connectivity index (χ0v) is 10.7. The van der Waals surface area contributed by atoms with E-state index in [1.807, 2.05) is 40.8 Å². The van der Waals surface area contributed by atoms with Crippen LogP contribution in [0.4, 0.5) is 0 Å². The van der Waals surface area contributed by atoms with Crippen molar-refractivity contribution in [3.05, 3.63) is 43.8 Å². The molecule has 0 aliphatic rings. The van der Waals surface area contributed by atoms with Gasteiger partial charge >= 0.3 is 5.63 Å². The molecule has 0 N–H and O–H groups in total. The van der Waals surface area contributed by atoms with Gasteiger partial charge in [-0.3, -0.25) is 0 Å². The lowest BCUT2D eigenvalue weighted by molar-refractivity contribution is 0.555. The molecule has 0 saturated carbocycles. The first-order valence-corrected chi connectivity index (χ1v) is 5.89. The van der Waals surface area contributed by atoms with Gasteiger partial charge in [0.2, 0.25) is 0 Å². The van der Waals surface area contributed by atoms with Crippen LogP contribution in [-0.2, 0) is 0 Å². The van der Waals surface area contributed by atoms with E-state index in [1.165, 1.54) is 5.56 Å². The maximum atomic E-state index is 11.3. The number of rotatable bonds is 1. The van der Waals surface area contributed by atoms with Crippen molar-refractivity contribution < 1.29 is 4.42 Å². The van der Waals surface area contributed by atoms with E-state index in [-0.39, 0.29) is 5.63 Å². The molecule has 2 rings (SSSR count). The fraction of sp³-hybridized carbons (Fsp3) is 0.250. The van der Waals surface area contributed by atoms with Gasteiger partial charge in [0, 0.05) is 5.39 Å². The van der Waals surface area contributed by atoms with Crippen molar-refractivity contribution in [2.45, 2.75) is 19.8 Å². The Kier molecular flexibility index (Phi) is 2.82. The smallest absolute Gasteiger partial charge is 0.349 e. The lowest BCUT2D eigenvalue weighted by Crippen LogP contribution is -2.02. The molecule has 1 aromatic carbocycles. The topological polar surface area (TPSA) is 30.2 Å². The van der Waals surface area contributed by atoms with Gasteiger partial charge in [0.1, 0.15) is 5.58 Å². The molecule has 2 nitrogen and oxygen atoms in total. The summed E-state index contributed by atoms with van der Waals surface area (Å²) in [6.07, 6.45) is 0. The minimum absolute atomic E-state index is 0.260. The van der Waals surface area contributed by atoms with Crippen molar-refractivity contribution in [3.63, 3.8) is 0 Å². The minimum atomic E-state index is -0.260. The van der Waals surface area contributed by atoms with E-state index in [1.54, 1.807) is 0 Å². The van der Waals surface area contributed by atoms with E-state index in [2.05, 4.69) is 19.9 Å². The highest BCUT2D eigenvalue weighted by atomic mass is 127. The minimum Gasteiger partial charge on any atom is -0.422 e. The van der Waals surface area contributed by atoms with E-state index in [4.69, 9.17) is 4.42 Å². The van der Waals surface area contributed by atoms with E-state index in [9.17, 15) is 4.79 Å². The van der Waals surface area contributed by atoms with Gasteiger partial charge in [-0.2, -0.15) is 0 Å². The first-order chi connectivity index (χ1) is 7.08. The van der Waals surface area contributed by atoms with Crippen LogP contribution in [0, 0.1) is 3.57 Å². The average molecular weight is 314 g/mol. The summed E-state index contributed by atoms with van der Waals surface area (Å²) in [6.45, 7) is 4.23. The molecule has 0 amide bonds. The molecule has 1 heterocycles. The van der Waals surface area contributed by atoms with Crippen LogP contribution >= 0.6 is 22.6 Å². The maximum Gasteiger partial charge on any atom is 0.349 e. The Morgan fingerprint density at radius 1 is 1.27 bits per heavy atom. The first-order valence-electron chi connectivity index (χ1n) is 4.81. The predicted molar refractivity (Wildman–Crippen MR) is 69.3 cm³/mol. The Morgan fingerprint density at radius 3 is 2.67 bits per heavy atom. The highest BCUT2D eigenvalue weighted by molar-refractivity contribution is 14.1. The number of hydrogen-bond acceptors (Lipinski definition) is 2. The Hall–Kier alpha value is -0.840. The number of fused-ring (bicyclic) bond motifs is 1. The molecule has 15 heavy (non-hydrogen) atoms. The van der Waals surface area contributed by atoms with Gasteiger partial charge < -0.3 is 4.42 Å². The fourth-order valence-corrected chi connectivity index (χ4v) is 1.91. The van der Waals surface area contributed by atoms with Crippen molar-refractivity contribution in [2.24, 2.45) is 0 Å². The third-order valence-corrected chi connectivity index (χ3v) is 3.14. The molecular weight excluding hydrogens is 303 g/mol. The SMILES string of the molecule is CC(C)c1ccc2cc(I)c(=O)oc2c1. The summed E-state index contributed by atoms with van der Waals surface area (Å²) in [4.78, 5) is 11.3. The average Bonchev–Trinajstić information content (AvgIpc) is 2.19. The van der Waals surface area contributed by atoms with Crippen LogP contribution in [0.2, 0.25) is 0 Å². The van der Waals surface area contributed by atoms with Crippen LogP contribution in [-0.4, -0.2) is 0 Å². The highest BCUT2D eigenvalue weighted by Crippen LogP contribution is 2.21. The van der Waals surface area contributed by atoms with Gasteiger partial charge in [0.15, 0.2) is 0 Å². The van der Waals surface area contributed by atoms with Crippen LogP contribution in [0.1, 0.15) is 25.3 Å². The zero-order valence-electron chi connectivity index (χ0n) is 8.58. The second-order valence-electron chi connectivity index (χ2n) is 3.83. The van der Waals surface area contributed by atoms with Crippen molar-refractivity contribution in [1.29, 1.82) is 0 Å². The lowest BCUT2D eigenvalue weighted by atomic mass is 10.0. The fourth-order valence-electron chi connectivity index (χ4n) is 1.46. The molecule has 0 aliphatic carbocycles. The van der Waals surface area contributed by atoms with Crippen molar-refractivity contribution in [1.82, 2.24) is 0 Å². The molecular formula is C12H11IO2. The molecule has 0 saturated heterocycles. The molecule has 0 bridgehead atoms. The number of benzene rings is 1. The third kappa shape index (κ3) is 2.07. The van der Waals surface area contributed by atoms with Gasteiger partial charge in [-0.25, -0.2) is 4.79 Å². The summed E-state index contributed by atoms with van der Waals surface area (Å²) in [5.41, 5.74) is 1.60. The van der Waals surface area contributed by atoms with Crippen LogP contribution in [0.25, 0.3) is 11.0 Å². The Bertz CT molecular complexity index is 555. The molecule has 0 unspecified atom stereocenters. The van der Waals surface area contributed by atoms with Crippen molar-refractivity contribution >= 4 is 33.6 Å². The van der Waals surface area contributed by atoms with E-state index in [0.717, 1.165) is 5.39 Å². The standard InChI is InChI=1S/C12H11IO2/c1-7(2)8-3-4-9-5-10(13)12(14)15-11(9)6-8/h3-7H,1-2H3. The van der Waals surface area contributed by atoms with Gasteiger partial charge in [-0.1, -0.05) is 26.0 Å². The highest BCUT2D eigenvalue weighted by Gasteiger charge is 2.05. The van der Waals surface area contributed by atoms with Crippen LogP contribution in [0.3, 0.4) is 0 Å². The van der Waals surface area contributed by atoms with Gasteiger partial charge in [0.25, 0.3) is 0 Å². The molecule has 0 fully saturated rings. The van der Waals surface area contributed by atoms with E-state index in [0.29, 0.717) is 15.1 Å².